The van der Waals surface area contributed by atoms with E-state index >= 15 is 0 Å². The van der Waals surface area contributed by atoms with E-state index in [4.69, 9.17) is 11.6 Å². The van der Waals surface area contributed by atoms with Crippen molar-refractivity contribution in [2.45, 2.75) is 51.0 Å². The van der Waals surface area contributed by atoms with Gasteiger partial charge >= 0.3 is 6.03 Å². The number of aryl methyl sites for hydroxylation is 1. The third-order valence-electron chi connectivity index (χ3n) is 7.94. The number of hydrogen-bond donors (Lipinski definition) is 2. The predicted molar refractivity (Wildman–Crippen MR) is 142 cm³/mol. The third kappa shape index (κ3) is 5.71. The molecule has 1 saturated carbocycles. The van der Waals surface area contributed by atoms with Crippen molar-refractivity contribution in [3.05, 3.63) is 59.1 Å². The highest BCUT2D eigenvalue weighted by molar-refractivity contribution is 6.30. The molecule has 1 aliphatic heterocycles. The van der Waals surface area contributed by atoms with Crippen LogP contribution >= 0.6 is 11.6 Å². The zero-order valence-corrected chi connectivity index (χ0v) is 21.5. The van der Waals surface area contributed by atoms with Crippen LogP contribution in [0.4, 0.5) is 10.5 Å². The number of likely N-dealkylation sites (tertiary alicyclic amines) is 1. The van der Waals surface area contributed by atoms with Crippen molar-refractivity contribution in [1.29, 1.82) is 0 Å². The van der Waals surface area contributed by atoms with Crippen molar-refractivity contribution in [2.24, 2.45) is 12.5 Å². The highest BCUT2D eigenvalue weighted by atomic mass is 35.5. The number of tetrazole rings is 1. The van der Waals surface area contributed by atoms with E-state index in [1.807, 2.05) is 36.4 Å². The molecular formula is C27H34ClN7O. The number of aromatic nitrogens is 4. The number of piperidine rings is 1. The van der Waals surface area contributed by atoms with Gasteiger partial charge in [0.05, 0.1) is 0 Å². The highest BCUT2D eigenvalue weighted by Crippen LogP contribution is 2.44. The van der Waals surface area contributed by atoms with E-state index in [9.17, 15) is 4.79 Å². The number of benzene rings is 2. The van der Waals surface area contributed by atoms with E-state index in [1.54, 1.807) is 11.7 Å². The first-order chi connectivity index (χ1) is 17.5. The summed E-state index contributed by atoms with van der Waals surface area (Å²) in [7, 11) is 1.80. The van der Waals surface area contributed by atoms with Gasteiger partial charge in [-0.15, -0.1) is 5.10 Å². The van der Waals surface area contributed by atoms with E-state index in [1.165, 1.54) is 24.8 Å². The number of carbonyl (C=O) groups excluding carboxylic acids is 1. The molecule has 2 heterocycles. The van der Waals surface area contributed by atoms with Gasteiger partial charge < -0.3 is 15.5 Å². The summed E-state index contributed by atoms with van der Waals surface area (Å²) in [5.74, 6) is 0.660. The van der Waals surface area contributed by atoms with Gasteiger partial charge in [-0.1, -0.05) is 48.7 Å². The maximum atomic E-state index is 13.0. The van der Waals surface area contributed by atoms with Crippen LogP contribution in [0.2, 0.25) is 5.02 Å². The minimum atomic E-state index is -0.139. The largest absolute Gasteiger partial charge is 0.335 e. The van der Waals surface area contributed by atoms with Crippen LogP contribution in [-0.2, 0) is 13.5 Å². The first kappa shape index (κ1) is 24.7. The first-order valence-corrected chi connectivity index (χ1v) is 13.3. The van der Waals surface area contributed by atoms with Gasteiger partial charge in [-0.05, 0) is 90.9 Å². The standard InChI is InChI=1S/C27H34ClN7O/c1-34-25(31-32-33-34)21-5-4-6-23(19-21)29-26(36)30-24-7-2-3-13-27(24)14-17-35(18-15-27)16-12-20-8-10-22(28)11-9-20/h4-6,8-11,19,24H,2-3,7,12-18H2,1H3,(H2,29,30,36). The van der Waals surface area contributed by atoms with Gasteiger partial charge in [0.25, 0.3) is 0 Å². The minimum Gasteiger partial charge on any atom is -0.335 e. The third-order valence-corrected chi connectivity index (χ3v) is 8.19. The van der Waals surface area contributed by atoms with Crippen LogP contribution in [0.1, 0.15) is 44.1 Å². The summed E-state index contributed by atoms with van der Waals surface area (Å²) in [6.45, 7) is 3.23. The molecule has 190 valence electrons. The number of carbonyl (C=O) groups is 1. The van der Waals surface area contributed by atoms with Gasteiger partial charge in [-0.2, -0.15) is 0 Å². The van der Waals surface area contributed by atoms with Crippen molar-refractivity contribution >= 4 is 23.3 Å². The number of urea groups is 1. The monoisotopic (exact) mass is 507 g/mol. The Morgan fingerprint density at radius 3 is 2.67 bits per heavy atom. The zero-order valence-electron chi connectivity index (χ0n) is 20.8. The molecule has 1 unspecified atom stereocenters. The lowest BCUT2D eigenvalue weighted by Crippen LogP contribution is -2.55. The van der Waals surface area contributed by atoms with Gasteiger partial charge in [0.1, 0.15) is 0 Å². The van der Waals surface area contributed by atoms with Gasteiger partial charge in [-0.25, -0.2) is 9.48 Å². The van der Waals surface area contributed by atoms with Gasteiger partial charge in [0, 0.05) is 35.9 Å². The number of nitrogens with one attached hydrogen (secondary N) is 2. The number of amides is 2. The van der Waals surface area contributed by atoms with Gasteiger partial charge in [0.2, 0.25) is 0 Å². The van der Waals surface area contributed by atoms with E-state index < -0.39 is 0 Å². The molecule has 0 bridgehead atoms. The fraction of sp³-hybridized carbons (Fsp3) is 0.481. The molecular weight excluding hydrogens is 474 g/mol. The Hall–Kier alpha value is -2.97. The highest BCUT2D eigenvalue weighted by Gasteiger charge is 2.43. The number of hydrogen-bond acceptors (Lipinski definition) is 5. The van der Waals surface area contributed by atoms with Gasteiger partial charge in [-0.3, -0.25) is 0 Å². The molecule has 8 nitrogen and oxygen atoms in total. The SMILES string of the molecule is Cn1nnnc1-c1cccc(NC(=O)NC2CCCCC23CCN(CCc2ccc(Cl)cc2)CC3)c1. The molecule has 1 atom stereocenters. The molecule has 0 radical (unpaired) electrons. The molecule has 3 aromatic rings. The Labute approximate surface area is 217 Å². The molecule has 2 aliphatic rings. The number of nitrogens with zero attached hydrogens (tertiary/aromatic N) is 5. The summed E-state index contributed by atoms with van der Waals surface area (Å²) in [5, 5.41) is 18.8. The second kappa shape index (κ2) is 11.0. The zero-order chi connectivity index (χ0) is 25.0. The van der Waals surface area contributed by atoms with Crippen molar-refractivity contribution < 1.29 is 4.79 Å². The quantitative estimate of drug-likeness (QED) is 0.494. The predicted octanol–water partition coefficient (Wildman–Crippen LogP) is 4.92. The summed E-state index contributed by atoms with van der Waals surface area (Å²) in [6, 6.07) is 15.9. The molecule has 9 heteroatoms. The summed E-state index contributed by atoms with van der Waals surface area (Å²) < 4.78 is 1.62. The van der Waals surface area contributed by atoms with E-state index in [0.717, 1.165) is 61.6 Å². The number of anilines is 1. The number of halogens is 1. The molecule has 36 heavy (non-hydrogen) atoms. The lowest BCUT2D eigenvalue weighted by atomic mass is 9.64. The topological polar surface area (TPSA) is 88.0 Å². The molecule has 5 rings (SSSR count). The van der Waals surface area contributed by atoms with Crippen LogP contribution in [0.3, 0.4) is 0 Å². The molecule has 1 aromatic heterocycles. The fourth-order valence-corrected chi connectivity index (χ4v) is 5.95. The maximum absolute atomic E-state index is 13.0. The van der Waals surface area contributed by atoms with Crippen LogP contribution in [0.25, 0.3) is 11.4 Å². The number of rotatable bonds is 6. The molecule has 2 aromatic carbocycles. The second-order valence-electron chi connectivity index (χ2n) is 10.2. The van der Waals surface area contributed by atoms with Crippen molar-refractivity contribution in [2.75, 3.05) is 25.0 Å². The first-order valence-electron chi connectivity index (χ1n) is 12.9. The Kier molecular flexibility index (Phi) is 7.53. The average Bonchev–Trinajstić information content (AvgIpc) is 3.32. The second-order valence-corrected chi connectivity index (χ2v) is 10.6. The average molecular weight is 508 g/mol. The Morgan fingerprint density at radius 2 is 1.92 bits per heavy atom. The minimum absolute atomic E-state index is 0.139. The lowest BCUT2D eigenvalue weighted by Gasteiger charge is -2.49. The van der Waals surface area contributed by atoms with Crippen molar-refractivity contribution in [1.82, 2.24) is 30.4 Å². The van der Waals surface area contributed by atoms with E-state index in [2.05, 4.69) is 43.2 Å². The van der Waals surface area contributed by atoms with E-state index in [0.29, 0.717) is 5.82 Å². The molecule has 1 aliphatic carbocycles. The normalized spacial score (nSPS) is 19.8. The lowest BCUT2D eigenvalue weighted by molar-refractivity contribution is 0.0400. The van der Waals surface area contributed by atoms with E-state index in [-0.39, 0.29) is 17.5 Å². The van der Waals surface area contributed by atoms with Crippen LogP contribution < -0.4 is 10.6 Å². The maximum Gasteiger partial charge on any atom is 0.319 e. The smallest absolute Gasteiger partial charge is 0.319 e. The Morgan fingerprint density at radius 1 is 1.11 bits per heavy atom. The molecule has 1 saturated heterocycles. The van der Waals surface area contributed by atoms with Crippen LogP contribution in [0.5, 0.6) is 0 Å². The fourth-order valence-electron chi connectivity index (χ4n) is 5.83. The van der Waals surface area contributed by atoms with Crippen LogP contribution in [-0.4, -0.2) is 56.8 Å². The van der Waals surface area contributed by atoms with Gasteiger partial charge in [0.15, 0.2) is 5.82 Å². The molecule has 2 N–H and O–H groups in total. The van der Waals surface area contributed by atoms with Crippen LogP contribution in [0, 0.1) is 5.41 Å². The summed E-state index contributed by atoms with van der Waals surface area (Å²) in [6.07, 6.45) is 7.96. The molecule has 2 fully saturated rings. The summed E-state index contributed by atoms with van der Waals surface area (Å²) >= 11 is 6.02. The molecule has 2 amide bonds. The summed E-state index contributed by atoms with van der Waals surface area (Å²) in [4.78, 5) is 15.6. The Balaban J connectivity index is 1.16. The summed E-state index contributed by atoms with van der Waals surface area (Å²) in [5.41, 5.74) is 3.11. The Bertz CT molecular complexity index is 1170. The van der Waals surface area contributed by atoms with Crippen LogP contribution in [0.15, 0.2) is 48.5 Å². The van der Waals surface area contributed by atoms with Crippen molar-refractivity contribution in [3.63, 3.8) is 0 Å². The van der Waals surface area contributed by atoms with Crippen molar-refractivity contribution in [3.8, 4) is 11.4 Å². The molecule has 1 spiro atoms.